The summed E-state index contributed by atoms with van der Waals surface area (Å²) in [6.07, 6.45) is 3.44. The normalized spacial score (nSPS) is 45.0. The number of carboxylic acid groups (broad SMARTS) is 1. The quantitative estimate of drug-likeness (QED) is 0.501. The largest absolute Gasteiger partial charge is 0.481 e. The summed E-state index contributed by atoms with van der Waals surface area (Å²) in [6, 6.07) is 0. The Kier molecular flexibility index (Phi) is 1.57. The Hall–Kier alpha value is -1.32. The van der Waals surface area contributed by atoms with Crippen LogP contribution < -0.4 is 0 Å². The van der Waals surface area contributed by atoms with Crippen LogP contribution in [0.1, 0.15) is 20.3 Å². The van der Waals surface area contributed by atoms with E-state index in [9.17, 15) is 14.7 Å². The molecule has 0 aromatic rings. The average molecular weight is 196 g/mol. The second-order valence-electron chi connectivity index (χ2n) is 4.24. The zero-order chi connectivity index (χ0) is 10.6. The van der Waals surface area contributed by atoms with E-state index < -0.39 is 28.9 Å². The maximum Gasteiger partial charge on any atom is 0.317 e. The van der Waals surface area contributed by atoms with Gasteiger partial charge in [0.1, 0.15) is 16.9 Å². The lowest BCUT2D eigenvalue weighted by molar-refractivity contribution is -0.155. The predicted molar refractivity (Wildman–Crippen MR) is 47.5 cm³/mol. The first-order valence-corrected chi connectivity index (χ1v) is 4.55. The first-order chi connectivity index (χ1) is 6.43. The van der Waals surface area contributed by atoms with Crippen LogP contribution in [-0.2, 0) is 14.3 Å². The number of aliphatic carboxylic acids is 1. The lowest BCUT2D eigenvalue weighted by Crippen LogP contribution is -2.48. The molecule has 2 bridgehead atoms. The summed E-state index contributed by atoms with van der Waals surface area (Å²) in [7, 11) is 0. The second kappa shape index (κ2) is 2.38. The minimum Gasteiger partial charge on any atom is -0.481 e. The molecule has 0 saturated carbocycles. The highest BCUT2D eigenvalue weighted by molar-refractivity contribution is 5.93. The van der Waals surface area contributed by atoms with Gasteiger partial charge < -0.3 is 9.84 Å². The molecule has 4 heteroatoms. The van der Waals surface area contributed by atoms with E-state index in [1.807, 2.05) is 6.08 Å². The Morgan fingerprint density at radius 1 is 1.64 bits per heavy atom. The molecule has 76 valence electrons. The highest BCUT2D eigenvalue weighted by Crippen LogP contribution is 2.54. The SMILES string of the molecule is C[C@@]12C=CC[C@@H](OC1=O)[C@@]2(C)C(=O)O. The van der Waals surface area contributed by atoms with Gasteiger partial charge in [0.2, 0.25) is 0 Å². The third-order valence-corrected chi connectivity index (χ3v) is 3.64. The van der Waals surface area contributed by atoms with Crippen molar-refractivity contribution in [3.63, 3.8) is 0 Å². The number of carbonyl (C=O) groups is 2. The van der Waals surface area contributed by atoms with Crippen molar-refractivity contribution in [1.29, 1.82) is 0 Å². The standard InChI is InChI=1S/C10H12O4/c1-9-5-3-4-6(14-8(9)13)10(9,2)7(11)12/h3,5-6H,4H2,1-2H3,(H,11,12)/t6-,9-,10+/m1/s1. The number of hydrogen-bond donors (Lipinski definition) is 1. The molecule has 0 aromatic carbocycles. The first-order valence-electron chi connectivity index (χ1n) is 4.55. The van der Waals surface area contributed by atoms with Crippen LogP contribution in [0.2, 0.25) is 0 Å². The molecule has 1 fully saturated rings. The van der Waals surface area contributed by atoms with Gasteiger partial charge in [-0.05, 0) is 13.8 Å². The minimum absolute atomic E-state index is 0.429. The van der Waals surface area contributed by atoms with E-state index in [1.54, 1.807) is 19.9 Å². The van der Waals surface area contributed by atoms with Gasteiger partial charge in [-0.15, -0.1) is 0 Å². The average Bonchev–Trinajstić information content (AvgIpc) is 2.23. The molecule has 1 aliphatic heterocycles. The minimum atomic E-state index is -1.13. The number of hydrogen-bond acceptors (Lipinski definition) is 3. The maximum atomic E-state index is 11.6. The van der Waals surface area contributed by atoms with Crippen LogP contribution in [0.4, 0.5) is 0 Å². The monoisotopic (exact) mass is 196 g/mol. The van der Waals surface area contributed by atoms with Gasteiger partial charge in [-0.25, -0.2) is 0 Å². The fraction of sp³-hybridized carbons (Fsp3) is 0.600. The van der Waals surface area contributed by atoms with Crippen LogP contribution >= 0.6 is 0 Å². The zero-order valence-corrected chi connectivity index (χ0v) is 8.11. The van der Waals surface area contributed by atoms with Gasteiger partial charge in [-0.1, -0.05) is 12.2 Å². The molecule has 3 atom stereocenters. The van der Waals surface area contributed by atoms with Gasteiger partial charge in [0, 0.05) is 6.42 Å². The second-order valence-corrected chi connectivity index (χ2v) is 4.24. The fourth-order valence-electron chi connectivity index (χ4n) is 2.23. The maximum absolute atomic E-state index is 11.6. The smallest absolute Gasteiger partial charge is 0.317 e. The summed E-state index contributed by atoms with van der Waals surface area (Å²) in [5, 5.41) is 9.20. The molecule has 2 aliphatic rings. The topological polar surface area (TPSA) is 63.6 Å². The Morgan fingerprint density at radius 3 is 2.71 bits per heavy atom. The fourth-order valence-corrected chi connectivity index (χ4v) is 2.23. The van der Waals surface area contributed by atoms with Gasteiger partial charge in [-0.3, -0.25) is 9.59 Å². The molecule has 0 radical (unpaired) electrons. The van der Waals surface area contributed by atoms with Gasteiger partial charge in [0.05, 0.1) is 0 Å². The van der Waals surface area contributed by atoms with Crippen molar-refractivity contribution in [1.82, 2.24) is 0 Å². The Bertz CT molecular complexity index is 346. The highest BCUT2D eigenvalue weighted by Gasteiger charge is 2.66. The molecule has 1 N–H and O–H groups in total. The molecule has 4 nitrogen and oxygen atoms in total. The summed E-state index contributed by atoms with van der Waals surface area (Å²) >= 11 is 0. The van der Waals surface area contributed by atoms with E-state index in [2.05, 4.69) is 0 Å². The summed E-state index contributed by atoms with van der Waals surface area (Å²) in [5.74, 6) is -1.40. The summed E-state index contributed by atoms with van der Waals surface area (Å²) in [6.45, 7) is 3.20. The van der Waals surface area contributed by atoms with E-state index in [4.69, 9.17) is 4.74 Å². The molecular weight excluding hydrogens is 184 g/mol. The number of fused-ring (bicyclic) bond motifs is 2. The molecule has 14 heavy (non-hydrogen) atoms. The number of rotatable bonds is 1. The molecule has 0 aromatic heterocycles. The number of carbonyl (C=O) groups excluding carboxylic acids is 1. The highest BCUT2D eigenvalue weighted by atomic mass is 16.6. The van der Waals surface area contributed by atoms with Crippen LogP contribution in [-0.4, -0.2) is 23.1 Å². The zero-order valence-electron chi connectivity index (χ0n) is 8.11. The summed E-state index contributed by atoms with van der Waals surface area (Å²) in [4.78, 5) is 22.8. The molecule has 1 heterocycles. The van der Waals surface area contributed by atoms with Crippen molar-refractivity contribution in [2.45, 2.75) is 26.4 Å². The number of carboxylic acids is 1. The Labute approximate surface area is 81.6 Å². The van der Waals surface area contributed by atoms with E-state index in [-0.39, 0.29) is 0 Å². The third-order valence-electron chi connectivity index (χ3n) is 3.64. The molecule has 0 spiro atoms. The summed E-state index contributed by atoms with van der Waals surface area (Å²) in [5.41, 5.74) is -2.14. The summed E-state index contributed by atoms with van der Waals surface area (Å²) < 4.78 is 5.08. The van der Waals surface area contributed by atoms with E-state index in [1.165, 1.54) is 0 Å². The van der Waals surface area contributed by atoms with Gasteiger partial charge in [0.15, 0.2) is 0 Å². The van der Waals surface area contributed by atoms with Gasteiger partial charge in [0.25, 0.3) is 0 Å². The first kappa shape index (κ1) is 9.24. The molecule has 1 aliphatic carbocycles. The van der Waals surface area contributed by atoms with E-state index >= 15 is 0 Å². The predicted octanol–water partition coefficient (Wildman–Crippen LogP) is 0.969. The molecule has 2 rings (SSSR count). The van der Waals surface area contributed by atoms with Crippen LogP contribution in [0.3, 0.4) is 0 Å². The molecule has 0 amide bonds. The molecule has 0 unspecified atom stereocenters. The van der Waals surface area contributed by atoms with Crippen LogP contribution in [0.15, 0.2) is 12.2 Å². The molecular formula is C10H12O4. The van der Waals surface area contributed by atoms with E-state index in [0.717, 1.165) is 0 Å². The van der Waals surface area contributed by atoms with Gasteiger partial charge >= 0.3 is 11.9 Å². The van der Waals surface area contributed by atoms with Crippen molar-refractivity contribution in [2.75, 3.05) is 0 Å². The van der Waals surface area contributed by atoms with Crippen molar-refractivity contribution >= 4 is 11.9 Å². The van der Waals surface area contributed by atoms with Gasteiger partial charge in [-0.2, -0.15) is 0 Å². The van der Waals surface area contributed by atoms with Crippen LogP contribution in [0.5, 0.6) is 0 Å². The Morgan fingerprint density at radius 2 is 2.29 bits per heavy atom. The Balaban J connectivity index is 2.60. The third kappa shape index (κ3) is 0.744. The number of ether oxygens (including phenoxy) is 1. The van der Waals surface area contributed by atoms with Crippen LogP contribution in [0.25, 0.3) is 0 Å². The van der Waals surface area contributed by atoms with Crippen molar-refractivity contribution < 1.29 is 19.4 Å². The lowest BCUT2D eigenvalue weighted by atomic mass is 9.61. The van der Waals surface area contributed by atoms with Crippen molar-refractivity contribution in [3.05, 3.63) is 12.2 Å². The number of esters is 1. The van der Waals surface area contributed by atoms with Crippen molar-refractivity contribution in [3.8, 4) is 0 Å². The van der Waals surface area contributed by atoms with Crippen LogP contribution in [0, 0.1) is 10.8 Å². The molecule has 1 saturated heterocycles. The van der Waals surface area contributed by atoms with E-state index in [0.29, 0.717) is 6.42 Å². The lowest BCUT2D eigenvalue weighted by Gasteiger charge is -2.35. The van der Waals surface area contributed by atoms with Crippen molar-refractivity contribution in [2.24, 2.45) is 10.8 Å².